The first kappa shape index (κ1) is 32.2. The zero-order chi connectivity index (χ0) is 33.3. The van der Waals surface area contributed by atoms with Gasteiger partial charge in [0.1, 0.15) is 5.75 Å². The maximum Gasteiger partial charge on any atom is 0.338 e. The molecule has 46 heavy (non-hydrogen) atoms. The largest absolute Gasteiger partial charge is 0.500 e. The molecule has 238 valence electrons. The highest BCUT2D eigenvalue weighted by Crippen LogP contribution is 2.40. The van der Waals surface area contributed by atoms with Crippen molar-refractivity contribution in [2.24, 2.45) is 4.99 Å². The SMILES string of the molecule is CCOC(=O)C1=C(c2ccccc2)N=c2sc(=Cc3cc(OC)c(O)c([N+](=O)[O-])c3)c(=O)n2C1c1cc(C(C)C)c(OC)cc1C. The lowest BCUT2D eigenvalue weighted by molar-refractivity contribution is -0.386. The molecule has 0 bridgehead atoms. The first-order valence-electron chi connectivity index (χ1n) is 14.5. The fraction of sp³-hybridized carbons (Fsp3) is 0.265. The Morgan fingerprint density at radius 1 is 1.13 bits per heavy atom. The van der Waals surface area contributed by atoms with E-state index < -0.39 is 33.9 Å². The quantitative estimate of drug-likeness (QED) is 0.153. The van der Waals surface area contributed by atoms with Crippen molar-refractivity contribution in [3.63, 3.8) is 0 Å². The summed E-state index contributed by atoms with van der Waals surface area (Å²) in [4.78, 5) is 44.3. The highest BCUT2D eigenvalue weighted by molar-refractivity contribution is 7.07. The van der Waals surface area contributed by atoms with Crippen molar-refractivity contribution in [1.82, 2.24) is 4.57 Å². The zero-order valence-corrected chi connectivity index (χ0v) is 27.0. The van der Waals surface area contributed by atoms with Crippen LogP contribution in [-0.2, 0) is 9.53 Å². The van der Waals surface area contributed by atoms with E-state index in [0.717, 1.165) is 28.5 Å². The molecule has 0 spiro atoms. The summed E-state index contributed by atoms with van der Waals surface area (Å²) in [6.07, 6.45) is 1.48. The summed E-state index contributed by atoms with van der Waals surface area (Å²) in [6.45, 7) is 7.79. The third-order valence-corrected chi connectivity index (χ3v) is 8.68. The van der Waals surface area contributed by atoms with Crippen LogP contribution in [0.3, 0.4) is 0 Å². The van der Waals surface area contributed by atoms with Crippen molar-refractivity contribution >= 4 is 34.8 Å². The van der Waals surface area contributed by atoms with Gasteiger partial charge in [0, 0.05) is 11.6 Å². The number of ether oxygens (including phenoxy) is 3. The van der Waals surface area contributed by atoms with Crippen LogP contribution in [0.1, 0.15) is 60.5 Å². The van der Waals surface area contributed by atoms with Crippen LogP contribution in [0.5, 0.6) is 17.2 Å². The van der Waals surface area contributed by atoms with Gasteiger partial charge in [-0.1, -0.05) is 55.5 Å². The number of aryl methyl sites for hydroxylation is 1. The molecule has 1 N–H and O–H groups in total. The average Bonchev–Trinajstić information content (AvgIpc) is 3.35. The van der Waals surface area contributed by atoms with E-state index in [0.29, 0.717) is 27.4 Å². The number of phenols is 1. The second kappa shape index (κ2) is 13.0. The molecule has 1 aliphatic rings. The minimum atomic E-state index is -0.917. The number of fused-ring (bicyclic) bond motifs is 1. The Balaban J connectivity index is 1.89. The maximum absolute atomic E-state index is 14.3. The number of thiazole rings is 1. The molecule has 1 unspecified atom stereocenters. The number of carbonyl (C=O) groups is 1. The highest BCUT2D eigenvalue weighted by atomic mass is 32.1. The molecule has 0 radical (unpaired) electrons. The van der Waals surface area contributed by atoms with Gasteiger partial charge in [0.2, 0.25) is 5.75 Å². The summed E-state index contributed by atoms with van der Waals surface area (Å²) in [5.74, 6) is -0.583. The zero-order valence-electron chi connectivity index (χ0n) is 26.2. The Bertz CT molecular complexity index is 2060. The van der Waals surface area contributed by atoms with Crippen molar-refractivity contribution in [1.29, 1.82) is 0 Å². The molecular formula is C34H33N3O8S. The van der Waals surface area contributed by atoms with Gasteiger partial charge >= 0.3 is 11.7 Å². The van der Waals surface area contributed by atoms with Crippen molar-refractivity contribution < 1.29 is 29.0 Å². The molecule has 1 aliphatic heterocycles. The first-order valence-corrected chi connectivity index (χ1v) is 15.3. The number of methoxy groups -OCH3 is 2. The number of rotatable bonds is 9. The van der Waals surface area contributed by atoms with Crippen molar-refractivity contribution in [2.75, 3.05) is 20.8 Å². The molecule has 0 aliphatic carbocycles. The number of nitro benzene ring substituents is 1. The predicted octanol–water partition coefficient (Wildman–Crippen LogP) is 5.00. The van der Waals surface area contributed by atoms with Gasteiger partial charge < -0.3 is 19.3 Å². The average molecular weight is 644 g/mol. The normalized spacial score (nSPS) is 14.6. The molecule has 0 saturated heterocycles. The summed E-state index contributed by atoms with van der Waals surface area (Å²) in [5.41, 5.74) is 2.87. The molecule has 5 rings (SSSR count). The van der Waals surface area contributed by atoms with E-state index in [2.05, 4.69) is 0 Å². The van der Waals surface area contributed by atoms with Gasteiger partial charge in [-0.15, -0.1) is 0 Å². The molecule has 1 aromatic heterocycles. The van der Waals surface area contributed by atoms with Crippen molar-refractivity contribution in [2.45, 2.75) is 39.7 Å². The van der Waals surface area contributed by atoms with Crippen molar-refractivity contribution in [3.8, 4) is 17.2 Å². The van der Waals surface area contributed by atoms with Gasteiger partial charge in [-0.2, -0.15) is 0 Å². The van der Waals surface area contributed by atoms with Gasteiger partial charge in [-0.05, 0) is 66.3 Å². The molecule has 2 heterocycles. The third-order valence-electron chi connectivity index (χ3n) is 7.70. The van der Waals surface area contributed by atoms with Gasteiger partial charge in [0.15, 0.2) is 10.6 Å². The Morgan fingerprint density at radius 2 is 1.83 bits per heavy atom. The number of esters is 1. The lowest BCUT2D eigenvalue weighted by Gasteiger charge is -2.28. The summed E-state index contributed by atoms with van der Waals surface area (Å²) in [5, 5.41) is 21.9. The monoisotopic (exact) mass is 643 g/mol. The molecule has 0 amide bonds. The highest BCUT2D eigenvalue weighted by Gasteiger charge is 2.36. The Morgan fingerprint density at radius 3 is 2.43 bits per heavy atom. The second-order valence-corrected chi connectivity index (χ2v) is 11.9. The summed E-state index contributed by atoms with van der Waals surface area (Å²) in [6, 6.07) is 14.7. The number of nitrogens with zero attached hydrogens (tertiary/aromatic N) is 3. The predicted molar refractivity (Wildman–Crippen MR) is 174 cm³/mol. The number of aromatic hydroxyl groups is 1. The second-order valence-electron chi connectivity index (χ2n) is 10.9. The van der Waals surface area contributed by atoms with E-state index in [4.69, 9.17) is 19.2 Å². The molecule has 4 aromatic rings. The molecular weight excluding hydrogens is 610 g/mol. The van der Waals surface area contributed by atoms with E-state index in [9.17, 15) is 24.8 Å². The van der Waals surface area contributed by atoms with Crippen LogP contribution < -0.4 is 24.4 Å². The van der Waals surface area contributed by atoms with Crippen LogP contribution in [0.25, 0.3) is 11.8 Å². The first-order chi connectivity index (χ1) is 22.0. The van der Waals surface area contributed by atoms with Crippen LogP contribution in [-0.4, -0.2) is 41.4 Å². The summed E-state index contributed by atoms with van der Waals surface area (Å²) < 4.78 is 18.1. The van der Waals surface area contributed by atoms with E-state index in [1.54, 1.807) is 14.0 Å². The van der Waals surface area contributed by atoms with E-state index in [-0.39, 0.29) is 33.9 Å². The minimum Gasteiger partial charge on any atom is -0.500 e. The van der Waals surface area contributed by atoms with Crippen LogP contribution in [0, 0.1) is 17.0 Å². The summed E-state index contributed by atoms with van der Waals surface area (Å²) >= 11 is 1.08. The number of hydrogen-bond acceptors (Lipinski definition) is 10. The van der Waals surface area contributed by atoms with Crippen LogP contribution in [0.4, 0.5) is 5.69 Å². The molecule has 11 nitrogen and oxygen atoms in total. The lowest BCUT2D eigenvalue weighted by atomic mass is 9.87. The summed E-state index contributed by atoms with van der Waals surface area (Å²) in [7, 11) is 2.88. The topological polar surface area (TPSA) is 142 Å². The standard InChI is InChI=1S/C34H33N3O8S/c1-7-45-33(40)28-29(21-11-9-8-10-12-21)35-34-36(30(28)23-17-22(18(2)3)25(43-5)13-19(23)4)32(39)27(46-34)16-20-14-24(37(41)42)31(38)26(15-20)44-6/h8-18,30,38H,7H2,1-6H3. The number of carbonyl (C=O) groups excluding carboxylic acids is 1. The van der Waals surface area contributed by atoms with E-state index in [1.165, 1.54) is 23.8 Å². The van der Waals surface area contributed by atoms with E-state index >= 15 is 0 Å². The van der Waals surface area contributed by atoms with Gasteiger partial charge in [-0.25, -0.2) is 9.79 Å². The van der Waals surface area contributed by atoms with E-state index in [1.807, 2.05) is 63.2 Å². The Kier molecular flexibility index (Phi) is 9.10. The number of aromatic nitrogens is 1. The van der Waals surface area contributed by atoms with Crippen LogP contribution >= 0.6 is 11.3 Å². The smallest absolute Gasteiger partial charge is 0.338 e. The number of benzene rings is 3. The fourth-order valence-corrected chi connectivity index (χ4v) is 6.52. The van der Waals surface area contributed by atoms with Crippen LogP contribution in [0.2, 0.25) is 0 Å². The number of phenolic OH excluding ortho intramolecular Hbond substituents is 1. The van der Waals surface area contributed by atoms with Crippen LogP contribution in [0.15, 0.2) is 70.0 Å². The fourth-order valence-electron chi connectivity index (χ4n) is 5.52. The Hall–Kier alpha value is -5.23. The molecule has 12 heteroatoms. The maximum atomic E-state index is 14.3. The van der Waals surface area contributed by atoms with Gasteiger partial charge in [0.25, 0.3) is 5.56 Å². The molecule has 3 aromatic carbocycles. The molecule has 1 atom stereocenters. The number of nitro groups is 1. The Labute approximate surface area is 268 Å². The van der Waals surface area contributed by atoms with Crippen molar-refractivity contribution in [3.05, 3.63) is 118 Å². The third kappa shape index (κ3) is 5.79. The lowest BCUT2D eigenvalue weighted by Crippen LogP contribution is -2.40. The molecule has 0 fully saturated rings. The van der Waals surface area contributed by atoms with Gasteiger partial charge in [0.05, 0.1) is 47.6 Å². The molecule has 0 saturated carbocycles. The minimum absolute atomic E-state index is 0.0639. The number of hydrogen-bond donors (Lipinski definition) is 1. The van der Waals surface area contributed by atoms with Gasteiger partial charge in [-0.3, -0.25) is 19.5 Å².